The van der Waals surface area contributed by atoms with Crippen molar-refractivity contribution in [2.45, 2.75) is 187 Å². The van der Waals surface area contributed by atoms with Gasteiger partial charge in [0.1, 0.15) is 54.1 Å². The van der Waals surface area contributed by atoms with Gasteiger partial charge < -0.3 is 106 Å². The molecule has 8 aromatic heterocycles. The molecule has 42 nitrogen and oxygen atoms in total. The second-order valence-electron chi connectivity index (χ2n) is 29.9. The minimum atomic E-state index is -4.81. The van der Waals surface area contributed by atoms with Crippen LogP contribution in [0, 0.1) is 36.4 Å². The standard InChI is InChI=1S/C22H27N5O3.C21H24IN5O3.C19H25N5O9P2.C18H21N5O4.CH2O3.2K.H/c1-5-17-13(2)19(29-15(4)28)22(30-17)27-12-24-18-20(25-14(3)26-21(18)27)23-11-16-9-7-6-8-10-16;1-4-15-12(2)17(29-13(3)28)20(30-15)27-11-24-16-18(25-21(22)26-19(16)27)23-10-14-8-6-5-7-9-14;1-11-22-17(20-7-12-5-3-2-4-6-12)14-18(23-11)24(9-21-14)19-16(26)15(25)13(33-19)8-32-35(30,31)10-34(27,28)29;1-10-21-16(19-7-11-5-3-2-4-6-11)13-17(22-10)23(9-20-13)18-15(26)14(25)12(8-24)27-18;2-1-4-3;;;/h6-10,12-13,17,19,22H,5,11H2,1-4H3,(H,23,25,26);5-9,11-12,15,17,20H,4,10H2,1-3H3,(H,23,25,26);2-6,9,13,15-16,19,25-26H,7-8,10H2,1H3,(H,30,31)(H,20,22,23)(H2,27,28,29);2-6,9,12,14-15,18,24-26H,7-8H2,1H3,(H,19,21,22);1,3H;;;/q;;;;;2*+1;-1/p-1/t13-,17-,19-,22-;12-,15-,17-,20-;13-,15-,16-,19-;12-,14-,15-,18-;;;;/m1111..../s1. The second kappa shape index (κ2) is 47.3. The number of hydrogen-bond acceptors (Lipinski definition) is 35. The molecule has 4 saturated heterocycles. The first-order valence-electron chi connectivity index (χ1n) is 40.1. The molecule has 4 aliphatic rings. The van der Waals surface area contributed by atoms with Crippen LogP contribution in [0.1, 0.15) is 120 Å². The Labute approximate surface area is 834 Å². The van der Waals surface area contributed by atoms with E-state index in [1.165, 1.54) is 31.1 Å². The number of aliphatic hydroxyl groups is 5. The Bertz CT molecular complexity index is 5610. The van der Waals surface area contributed by atoms with Crippen molar-refractivity contribution in [3.63, 3.8) is 0 Å². The molecule has 4 aromatic carbocycles. The summed E-state index contributed by atoms with van der Waals surface area (Å²) in [5.41, 5.74) is 8.78. The van der Waals surface area contributed by atoms with Crippen LogP contribution < -0.4 is 129 Å². The van der Waals surface area contributed by atoms with E-state index in [2.05, 4.69) is 147 Å². The van der Waals surface area contributed by atoms with Gasteiger partial charge in [0.2, 0.25) is 0 Å². The van der Waals surface area contributed by atoms with Gasteiger partial charge in [-0.05, 0) is 55.9 Å². The van der Waals surface area contributed by atoms with Crippen molar-refractivity contribution in [2.75, 3.05) is 40.4 Å². The number of fused-ring (bicyclic) bond motifs is 4. The fourth-order valence-corrected chi connectivity index (χ4v) is 17.8. The molecule has 17 atom stereocenters. The number of carbonyl (C=O) groups excluding carboxylic acids is 3. The number of halogens is 1. The van der Waals surface area contributed by atoms with E-state index in [0.717, 1.165) is 35.1 Å². The molecule has 0 radical (unpaired) electrons. The number of aryl methyl sites for hydroxylation is 3. The smallest absolute Gasteiger partial charge is 1.00 e. The van der Waals surface area contributed by atoms with Gasteiger partial charge in [-0.15, -0.1) is 0 Å². The fraction of sp³-hybridized carbons (Fsp3) is 0.420. The third kappa shape index (κ3) is 25.9. The summed E-state index contributed by atoms with van der Waals surface area (Å²) in [5.74, 6) is 2.06. The zero-order chi connectivity index (χ0) is 90.3. The first-order valence-corrected chi connectivity index (χ1v) is 44.7. The maximum absolute atomic E-state index is 11.9. The van der Waals surface area contributed by atoms with Crippen LogP contribution in [0.3, 0.4) is 0 Å². The van der Waals surface area contributed by atoms with E-state index in [9.17, 15) is 49.1 Å². The van der Waals surface area contributed by atoms with Crippen LogP contribution in [-0.4, -0.2) is 217 Å². The molecule has 12 N–H and O–H groups in total. The molecule has 0 spiro atoms. The Morgan fingerprint density at radius 3 is 1.08 bits per heavy atom. The van der Waals surface area contributed by atoms with Crippen molar-refractivity contribution in [2.24, 2.45) is 11.8 Å². The van der Waals surface area contributed by atoms with Crippen LogP contribution in [0.2, 0.25) is 0 Å². The summed E-state index contributed by atoms with van der Waals surface area (Å²) >= 11 is 2.10. The van der Waals surface area contributed by atoms with Crippen LogP contribution in [0.15, 0.2) is 147 Å². The van der Waals surface area contributed by atoms with Gasteiger partial charge in [-0.3, -0.25) is 41.8 Å². The SMILES string of the molecule is CC[C@H]1O[C@@H](n2cnc3c(NCc4ccccc4)nc(C)nc32)[C@H](OC(C)=O)[C@@H]1C.CC[C@H]1O[C@@H](n2cnc3c(NCc4ccccc4)nc(I)nc32)[C@H](OC(C)=O)[C@@H]1C.Cc1nc(NCc2ccccc2)c2ncn([C@@H]3O[C@H](CO)[C@@H](O)[C@H]3O)c2n1.Cc1nc(NCc2ccccc2)c2ncn([C@@H]3O[C@H](COP(=O)(O)CP(=O)(O)O)[C@@H](O)[C@H]3O)c2n1.O=CO[O-].[H-].[K+].[K+]. The number of nitrogens with zero attached hydrogens (tertiary/aromatic N) is 16. The summed E-state index contributed by atoms with van der Waals surface area (Å²) in [7, 11) is -9.48. The molecule has 16 rings (SSSR count). The number of aliphatic hydroxyl groups excluding tert-OH is 5. The number of ether oxygens (including phenoxy) is 6. The van der Waals surface area contributed by atoms with Crippen molar-refractivity contribution in [3.05, 3.63) is 190 Å². The first kappa shape index (κ1) is 103. The van der Waals surface area contributed by atoms with E-state index in [0.29, 0.717) is 115 Å². The van der Waals surface area contributed by atoms with Gasteiger partial charge in [-0.2, -0.15) is 0 Å². The normalized spacial score (nSPS) is 23.2. The topological polar surface area (TPSA) is 567 Å². The minimum Gasteiger partial charge on any atom is -1.00 e. The van der Waals surface area contributed by atoms with E-state index < -0.39 is 101 Å². The van der Waals surface area contributed by atoms with E-state index in [1.54, 1.807) is 31.1 Å². The number of esters is 2. The first-order chi connectivity index (χ1) is 60.4. The van der Waals surface area contributed by atoms with Gasteiger partial charge in [0.05, 0.1) is 50.7 Å². The number of anilines is 4. The zero-order valence-corrected chi connectivity index (χ0v) is 81.9. The van der Waals surface area contributed by atoms with Crippen LogP contribution in [-0.2, 0) is 87.5 Å². The van der Waals surface area contributed by atoms with Gasteiger partial charge in [0.15, 0.2) is 115 Å². The molecule has 12 heterocycles. The Kier molecular flexibility index (Phi) is 37.9. The molecular weight excluding hydrogens is 1870 g/mol. The summed E-state index contributed by atoms with van der Waals surface area (Å²) in [5, 5.41) is 72.2. The predicted molar refractivity (Wildman–Crippen MR) is 461 cm³/mol. The molecular formula is C81H99IK2N20O22P2. The summed E-state index contributed by atoms with van der Waals surface area (Å²) in [6, 6.07) is 39.8. The molecule has 0 amide bonds. The number of benzene rings is 4. The van der Waals surface area contributed by atoms with Gasteiger partial charge in [0.25, 0.3) is 6.47 Å². The summed E-state index contributed by atoms with van der Waals surface area (Å²) < 4.78 is 70.0. The molecule has 128 heavy (non-hydrogen) atoms. The number of hydrogen-bond donors (Lipinski definition) is 12. The number of carbonyl (C=O) groups is 3. The van der Waals surface area contributed by atoms with Crippen LogP contribution in [0.25, 0.3) is 44.7 Å². The summed E-state index contributed by atoms with van der Waals surface area (Å²) in [6.07, 6.45) is -3.43. The molecule has 4 aliphatic heterocycles. The Hall–Kier alpha value is -7.41. The fourth-order valence-electron chi connectivity index (χ4n) is 14.8. The number of rotatable bonds is 27. The van der Waals surface area contributed by atoms with Crippen molar-refractivity contribution in [1.29, 1.82) is 0 Å². The van der Waals surface area contributed by atoms with E-state index >= 15 is 0 Å². The number of nitrogens with one attached hydrogen (secondary N) is 4. The predicted octanol–water partition coefficient (Wildman–Crippen LogP) is 1.16. The molecule has 0 aliphatic carbocycles. The monoisotopic (exact) mass is 1970 g/mol. The third-order valence-electron chi connectivity index (χ3n) is 20.8. The van der Waals surface area contributed by atoms with Crippen LogP contribution >= 0.6 is 37.8 Å². The molecule has 1 unspecified atom stereocenters. The van der Waals surface area contributed by atoms with Crippen molar-refractivity contribution in [1.82, 2.24) is 78.1 Å². The summed E-state index contributed by atoms with van der Waals surface area (Å²) in [4.78, 5) is 116. The minimum absolute atomic E-state index is 0. The largest absolute Gasteiger partial charge is 1.00 e. The molecule has 674 valence electrons. The van der Waals surface area contributed by atoms with Crippen molar-refractivity contribution in [3.8, 4) is 0 Å². The maximum atomic E-state index is 11.9. The zero-order valence-electron chi connectivity index (χ0n) is 72.8. The Morgan fingerprint density at radius 2 is 0.781 bits per heavy atom. The van der Waals surface area contributed by atoms with E-state index in [4.69, 9.17) is 52.8 Å². The van der Waals surface area contributed by atoms with E-state index in [1.807, 2.05) is 127 Å². The van der Waals surface area contributed by atoms with Gasteiger partial charge in [-0.1, -0.05) is 149 Å². The van der Waals surface area contributed by atoms with Gasteiger partial charge in [0, 0.05) is 74.5 Å². The average Bonchev–Trinajstić information content (AvgIpc) is 1.63. The third-order valence-corrected chi connectivity index (χ3v) is 24.7. The van der Waals surface area contributed by atoms with Crippen molar-refractivity contribution >= 4 is 124 Å². The second-order valence-corrected chi connectivity index (χ2v) is 34.8. The number of aromatic nitrogens is 16. The van der Waals surface area contributed by atoms with Crippen molar-refractivity contribution < 1.29 is 211 Å². The Balaban J connectivity index is 0.000000190. The van der Waals surface area contributed by atoms with E-state index in [-0.39, 0.29) is 153 Å². The maximum Gasteiger partial charge on any atom is 1.00 e. The Morgan fingerprint density at radius 1 is 0.484 bits per heavy atom. The quantitative estimate of drug-likeness (QED) is 0.00502. The number of imidazole rings is 4. The van der Waals surface area contributed by atoms with Gasteiger partial charge in [-0.25, -0.2) is 59.8 Å². The van der Waals surface area contributed by atoms with Crippen LogP contribution in [0.5, 0.6) is 0 Å². The molecule has 4 fully saturated rings. The summed E-state index contributed by atoms with van der Waals surface area (Å²) in [6.45, 7) is 17.4. The molecule has 0 saturated carbocycles. The molecule has 12 aromatic rings. The van der Waals surface area contributed by atoms with Crippen LogP contribution in [0.4, 0.5) is 23.3 Å². The molecule has 0 bridgehead atoms. The molecule has 47 heteroatoms. The average molecular weight is 1970 g/mol. The van der Waals surface area contributed by atoms with Gasteiger partial charge >= 0.3 is 130 Å².